The summed E-state index contributed by atoms with van der Waals surface area (Å²) in [7, 11) is 0. The van der Waals surface area contributed by atoms with Crippen LogP contribution in [0.15, 0.2) is 10.9 Å². The van der Waals surface area contributed by atoms with Crippen LogP contribution in [0.4, 0.5) is 0 Å². The van der Waals surface area contributed by atoms with Gasteiger partial charge in [0.15, 0.2) is 0 Å². The van der Waals surface area contributed by atoms with Crippen molar-refractivity contribution >= 4 is 0 Å². The fourth-order valence-electron chi connectivity index (χ4n) is 3.87. The molecule has 0 radical (unpaired) electrons. The highest BCUT2D eigenvalue weighted by molar-refractivity contribution is 5.22. The summed E-state index contributed by atoms with van der Waals surface area (Å²) in [6.45, 7) is 4.32. The molecular weight excluding hydrogens is 282 g/mol. The van der Waals surface area contributed by atoms with E-state index in [1.54, 1.807) is 10.7 Å². The Morgan fingerprint density at radius 1 is 1.41 bits per heavy atom. The molecule has 3 aliphatic rings. The summed E-state index contributed by atoms with van der Waals surface area (Å²) >= 11 is 0. The number of β-amino-alcohol motifs (C(OH)–C–C–N with tert-alkyl or cyclic N) is 1. The second-order valence-corrected chi connectivity index (χ2v) is 7.08. The molecule has 1 N–H and O–H groups in total. The van der Waals surface area contributed by atoms with Crippen LogP contribution in [-0.4, -0.2) is 58.2 Å². The quantitative estimate of drug-likeness (QED) is 0.835. The third-order valence-electron chi connectivity index (χ3n) is 5.09. The van der Waals surface area contributed by atoms with Crippen molar-refractivity contribution in [3.63, 3.8) is 0 Å². The van der Waals surface area contributed by atoms with E-state index in [0.717, 1.165) is 50.0 Å². The second-order valence-electron chi connectivity index (χ2n) is 7.08. The average Bonchev–Trinajstić information content (AvgIpc) is 3.05. The monoisotopic (exact) mass is 305 g/mol. The summed E-state index contributed by atoms with van der Waals surface area (Å²) in [4.78, 5) is 14.3. The molecule has 6 nitrogen and oxygen atoms in total. The van der Waals surface area contributed by atoms with Crippen molar-refractivity contribution in [3.05, 3.63) is 27.7 Å². The van der Waals surface area contributed by atoms with Gasteiger partial charge in [0.25, 0.3) is 5.56 Å². The lowest BCUT2D eigenvalue weighted by Crippen LogP contribution is -2.55. The summed E-state index contributed by atoms with van der Waals surface area (Å²) in [5.74, 6) is 0.454. The number of hydrogen-bond acceptors (Lipinski definition) is 5. The van der Waals surface area contributed by atoms with E-state index in [1.807, 2.05) is 0 Å². The standard InChI is InChI=1S/C16H23N3O3/c20-15-6-13-2-1-3-14(13)17-19(15)9-12-7-18(8-12)10-16(21)4-5-22-11-16/h6,12,21H,1-5,7-11H2. The van der Waals surface area contributed by atoms with Crippen molar-refractivity contribution in [2.24, 2.45) is 5.92 Å². The Kier molecular flexibility index (Phi) is 3.55. The minimum atomic E-state index is -0.673. The maximum atomic E-state index is 12.1. The first kappa shape index (κ1) is 14.4. The van der Waals surface area contributed by atoms with Crippen molar-refractivity contribution in [3.8, 4) is 0 Å². The van der Waals surface area contributed by atoms with E-state index in [1.165, 1.54) is 0 Å². The SMILES string of the molecule is O=c1cc2c(nn1CC1CN(CC3(O)CCOC3)C1)CCC2. The molecule has 120 valence electrons. The molecule has 1 aliphatic carbocycles. The van der Waals surface area contributed by atoms with Gasteiger partial charge in [0.2, 0.25) is 0 Å². The largest absolute Gasteiger partial charge is 0.386 e. The highest BCUT2D eigenvalue weighted by atomic mass is 16.5. The minimum absolute atomic E-state index is 0.0296. The van der Waals surface area contributed by atoms with Crippen molar-refractivity contribution in [2.75, 3.05) is 32.8 Å². The van der Waals surface area contributed by atoms with Crippen molar-refractivity contribution in [1.82, 2.24) is 14.7 Å². The van der Waals surface area contributed by atoms with Gasteiger partial charge in [-0.15, -0.1) is 0 Å². The fourth-order valence-corrected chi connectivity index (χ4v) is 3.87. The Morgan fingerprint density at radius 3 is 3.05 bits per heavy atom. The summed E-state index contributed by atoms with van der Waals surface area (Å²) in [6, 6.07) is 1.77. The molecule has 2 saturated heterocycles. The Hall–Kier alpha value is -1.24. The average molecular weight is 305 g/mol. The van der Waals surface area contributed by atoms with Crippen LogP contribution in [0.3, 0.4) is 0 Å². The maximum Gasteiger partial charge on any atom is 0.267 e. The van der Waals surface area contributed by atoms with Crippen molar-refractivity contribution < 1.29 is 9.84 Å². The molecule has 1 aromatic rings. The Balaban J connectivity index is 1.34. The van der Waals surface area contributed by atoms with E-state index in [4.69, 9.17) is 4.74 Å². The highest BCUT2D eigenvalue weighted by Gasteiger charge is 2.38. The van der Waals surface area contributed by atoms with E-state index in [2.05, 4.69) is 10.00 Å². The van der Waals surface area contributed by atoms with Crippen LogP contribution in [0.2, 0.25) is 0 Å². The van der Waals surface area contributed by atoms with Crippen LogP contribution >= 0.6 is 0 Å². The Bertz CT molecular complexity index is 616. The maximum absolute atomic E-state index is 12.1. The van der Waals surface area contributed by atoms with Crippen LogP contribution < -0.4 is 5.56 Å². The molecule has 3 heterocycles. The molecule has 4 rings (SSSR count). The number of aromatic nitrogens is 2. The highest BCUT2D eigenvalue weighted by Crippen LogP contribution is 2.25. The number of rotatable bonds is 4. The van der Waals surface area contributed by atoms with Crippen LogP contribution in [-0.2, 0) is 24.1 Å². The van der Waals surface area contributed by atoms with Crippen molar-refractivity contribution in [2.45, 2.75) is 37.8 Å². The van der Waals surface area contributed by atoms with Gasteiger partial charge in [0.1, 0.15) is 5.60 Å². The third-order valence-corrected chi connectivity index (χ3v) is 5.09. The van der Waals surface area contributed by atoms with Gasteiger partial charge in [-0.05, 0) is 24.8 Å². The number of nitrogens with zero attached hydrogens (tertiary/aromatic N) is 3. The molecule has 1 atom stereocenters. The fraction of sp³-hybridized carbons (Fsp3) is 0.750. The van der Waals surface area contributed by atoms with E-state index >= 15 is 0 Å². The van der Waals surface area contributed by atoms with Crippen LogP contribution in [0.1, 0.15) is 24.1 Å². The zero-order valence-corrected chi connectivity index (χ0v) is 12.8. The molecule has 6 heteroatoms. The van der Waals surface area contributed by atoms with Gasteiger partial charge < -0.3 is 9.84 Å². The predicted molar refractivity (Wildman–Crippen MR) is 80.8 cm³/mol. The molecule has 0 amide bonds. The molecule has 0 spiro atoms. The molecule has 0 saturated carbocycles. The molecule has 1 aromatic heterocycles. The predicted octanol–water partition coefficient (Wildman–Crippen LogP) is -0.185. The minimum Gasteiger partial charge on any atom is -0.386 e. The molecule has 0 aromatic carbocycles. The van der Waals surface area contributed by atoms with Gasteiger partial charge in [-0.25, -0.2) is 4.68 Å². The number of aryl methyl sites for hydroxylation is 2. The molecule has 2 aliphatic heterocycles. The number of hydrogen-bond donors (Lipinski definition) is 1. The number of likely N-dealkylation sites (tertiary alicyclic amines) is 1. The Labute approximate surface area is 129 Å². The van der Waals surface area contributed by atoms with E-state index in [-0.39, 0.29) is 5.56 Å². The summed E-state index contributed by atoms with van der Waals surface area (Å²) < 4.78 is 6.92. The van der Waals surface area contributed by atoms with Gasteiger partial charge in [0, 0.05) is 44.6 Å². The van der Waals surface area contributed by atoms with Crippen LogP contribution in [0, 0.1) is 5.92 Å². The van der Waals surface area contributed by atoms with E-state index in [9.17, 15) is 9.90 Å². The Morgan fingerprint density at radius 2 is 2.27 bits per heavy atom. The summed E-state index contributed by atoms with van der Waals surface area (Å²) in [5, 5.41) is 14.9. The normalized spacial score (nSPS) is 28.8. The molecule has 22 heavy (non-hydrogen) atoms. The number of aliphatic hydroxyl groups is 1. The van der Waals surface area contributed by atoms with Gasteiger partial charge in [0.05, 0.1) is 18.8 Å². The lowest BCUT2D eigenvalue weighted by atomic mass is 9.95. The van der Waals surface area contributed by atoms with Gasteiger partial charge in [-0.1, -0.05) is 0 Å². The molecule has 1 unspecified atom stereocenters. The van der Waals surface area contributed by atoms with Gasteiger partial charge in [-0.3, -0.25) is 9.69 Å². The molecular formula is C16H23N3O3. The lowest BCUT2D eigenvalue weighted by Gasteiger charge is -2.42. The second kappa shape index (κ2) is 5.44. The zero-order chi connectivity index (χ0) is 15.2. The van der Waals surface area contributed by atoms with Crippen molar-refractivity contribution in [1.29, 1.82) is 0 Å². The summed E-state index contributed by atoms with van der Waals surface area (Å²) in [5.41, 5.74) is 1.60. The topological polar surface area (TPSA) is 67.6 Å². The van der Waals surface area contributed by atoms with Gasteiger partial charge in [-0.2, -0.15) is 5.10 Å². The first-order chi connectivity index (χ1) is 10.6. The molecule has 2 fully saturated rings. The zero-order valence-electron chi connectivity index (χ0n) is 12.8. The number of ether oxygens (including phenoxy) is 1. The van der Waals surface area contributed by atoms with E-state index < -0.39 is 5.60 Å². The summed E-state index contributed by atoms with van der Waals surface area (Å²) in [6.07, 6.45) is 3.83. The lowest BCUT2D eigenvalue weighted by molar-refractivity contribution is -0.0380. The first-order valence-corrected chi connectivity index (χ1v) is 8.24. The smallest absolute Gasteiger partial charge is 0.267 e. The third kappa shape index (κ3) is 2.71. The first-order valence-electron chi connectivity index (χ1n) is 8.24. The van der Waals surface area contributed by atoms with E-state index in [0.29, 0.717) is 32.2 Å². The number of fused-ring (bicyclic) bond motifs is 1. The molecule has 0 bridgehead atoms. The van der Waals surface area contributed by atoms with Gasteiger partial charge >= 0.3 is 0 Å². The van der Waals surface area contributed by atoms with Crippen LogP contribution in [0.25, 0.3) is 0 Å². The van der Waals surface area contributed by atoms with Crippen LogP contribution in [0.5, 0.6) is 0 Å².